The monoisotopic (exact) mass is 298 g/mol. The number of hydrogen-bond donors (Lipinski definition) is 0. The van der Waals surface area contributed by atoms with Gasteiger partial charge in [0.1, 0.15) is 5.82 Å². The van der Waals surface area contributed by atoms with Gasteiger partial charge in [0.05, 0.1) is 5.92 Å². The molecule has 0 saturated carbocycles. The van der Waals surface area contributed by atoms with Crippen LogP contribution in [0.1, 0.15) is 30.7 Å². The van der Waals surface area contributed by atoms with Crippen molar-refractivity contribution in [2.45, 2.75) is 32.2 Å². The third-order valence-corrected chi connectivity index (χ3v) is 4.51. The Hall–Kier alpha value is -2.17. The van der Waals surface area contributed by atoms with Crippen LogP contribution >= 0.6 is 0 Å². The van der Waals surface area contributed by atoms with Crippen molar-refractivity contribution in [3.8, 4) is 0 Å². The first-order chi connectivity index (χ1) is 10.6. The minimum atomic E-state index is -0.149. The summed E-state index contributed by atoms with van der Waals surface area (Å²) in [6.45, 7) is 3.74. The van der Waals surface area contributed by atoms with Crippen LogP contribution in [0.25, 0.3) is 0 Å². The van der Waals surface area contributed by atoms with Crippen molar-refractivity contribution in [2.75, 3.05) is 13.6 Å². The first-order valence-electron chi connectivity index (χ1n) is 7.80. The Morgan fingerprint density at radius 1 is 1.50 bits per heavy atom. The fourth-order valence-electron chi connectivity index (χ4n) is 3.15. The third kappa shape index (κ3) is 3.03. The van der Waals surface area contributed by atoms with Gasteiger partial charge in [-0.15, -0.1) is 0 Å². The molecule has 1 aliphatic heterocycles. The molecule has 22 heavy (non-hydrogen) atoms. The molecule has 3 rings (SSSR count). The Labute approximate surface area is 131 Å². The second-order valence-electron chi connectivity index (χ2n) is 6.12. The molecule has 5 heteroatoms. The second kappa shape index (κ2) is 6.30. The van der Waals surface area contributed by atoms with E-state index in [-0.39, 0.29) is 11.8 Å². The van der Waals surface area contributed by atoms with Gasteiger partial charge < -0.3 is 9.47 Å². The van der Waals surface area contributed by atoms with Gasteiger partial charge in [-0.2, -0.15) is 0 Å². The lowest BCUT2D eigenvalue weighted by Crippen LogP contribution is -2.37. The van der Waals surface area contributed by atoms with E-state index in [0.717, 1.165) is 37.3 Å². The molecule has 0 N–H and O–H groups in total. The predicted molar refractivity (Wildman–Crippen MR) is 84.3 cm³/mol. The van der Waals surface area contributed by atoms with Gasteiger partial charge in [-0.05, 0) is 30.9 Å². The number of pyridine rings is 1. The molecular weight excluding hydrogens is 276 g/mol. The van der Waals surface area contributed by atoms with Crippen LogP contribution in [0, 0.1) is 5.92 Å². The third-order valence-electron chi connectivity index (χ3n) is 4.51. The molecule has 2 aromatic rings. The van der Waals surface area contributed by atoms with E-state index in [4.69, 9.17) is 0 Å². The molecule has 0 aliphatic carbocycles. The summed E-state index contributed by atoms with van der Waals surface area (Å²) >= 11 is 0. The van der Waals surface area contributed by atoms with E-state index in [1.807, 2.05) is 43.4 Å². The molecule has 1 amide bonds. The number of carbonyl (C=O) groups is 1. The normalized spacial score (nSPS) is 18.5. The maximum absolute atomic E-state index is 12.6. The summed E-state index contributed by atoms with van der Waals surface area (Å²) in [6, 6.07) is 3.83. The zero-order valence-corrected chi connectivity index (χ0v) is 13.1. The lowest BCUT2D eigenvalue weighted by Gasteiger charge is -2.29. The fraction of sp³-hybridized carbons (Fsp3) is 0.471. The van der Waals surface area contributed by atoms with Gasteiger partial charge >= 0.3 is 0 Å². The van der Waals surface area contributed by atoms with Gasteiger partial charge in [0.2, 0.25) is 5.91 Å². The highest BCUT2D eigenvalue weighted by Gasteiger charge is 2.25. The van der Waals surface area contributed by atoms with Gasteiger partial charge in [-0.25, -0.2) is 4.98 Å². The lowest BCUT2D eigenvalue weighted by molar-refractivity contribution is -0.131. The maximum atomic E-state index is 12.6. The summed E-state index contributed by atoms with van der Waals surface area (Å²) in [5, 5.41) is 0. The zero-order chi connectivity index (χ0) is 15.5. The molecular formula is C17H22N4O. The summed E-state index contributed by atoms with van der Waals surface area (Å²) in [6.07, 6.45) is 9.44. The van der Waals surface area contributed by atoms with E-state index < -0.39 is 0 Å². The summed E-state index contributed by atoms with van der Waals surface area (Å²) in [4.78, 5) is 22.9. The standard InChI is InChI=1S/C17H22N4O/c1-13(15-4-3-6-18-11-15)17(22)20(2)12-14-5-8-21-9-7-19-16(21)10-14/h3-4,6-7,9,11,13-14H,5,8,10,12H2,1-2H3. The van der Waals surface area contributed by atoms with Gasteiger partial charge in [-0.1, -0.05) is 6.07 Å². The molecule has 0 radical (unpaired) electrons. The maximum Gasteiger partial charge on any atom is 0.229 e. The minimum absolute atomic E-state index is 0.149. The number of imidazole rings is 1. The highest BCUT2D eigenvalue weighted by atomic mass is 16.2. The number of fused-ring (bicyclic) bond motifs is 1. The van der Waals surface area contributed by atoms with Crippen molar-refractivity contribution in [2.24, 2.45) is 5.92 Å². The van der Waals surface area contributed by atoms with E-state index in [1.54, 1.807) is 12.4 Å². The Bertz CT molecular complexity index is 637. The number of amides is 1. The molecule has 2 atom stereocenters. The predicted octanol–water partition coefficient (Wildman–Crippen LogP) is 2.10. The van der Waals surface area contributed by atoms with Crippen molar-refractivity contribution >= 4 is 5.91 Å². The van der Waals surface area contributed by atoms with Crippen molar-refractivity contribution in [1.82, 2.24) is 19.4 Å². The lowest BCUT2D eigenvalue weighted by atomic mass is 9.96. The van der Waals surface area contributed by atoms with E-state index >= 15 is 0 Å². The first-order valence-corrected chi connectivity index (χ1v) is 7.80. The van der Waals surface area contributed by atoms with Gasteiger partial charge in [0, 0.05) is 51.3 Å². The molecule has 5 nitrogen and oxygen atoms in total. The van der Waals surface area contributed by atoms with Gasteiger partial charge in [0.25, 0.3) is 0 Å². The topological polar surface area (TPSA) is 51.0 Å². The van der Waals surface area contributed by atoms with E-state index in [2.05, 4.69) is 14.5 Å². The van der Waals surface area contributed by atoms with Crippen molar-refractivity contribution < 1.29 is 4.79 Å². The van der Waals surface area contributed by atoms with Crippen LogP contribution in [-0.4, -0.2) is 38.9 Å². The molecule has 2 unspecified atom stereocenters. The number of aryl methyl sites for hydroxylation is 1. The van der Waals surface area contributed by atoms with Crippen LogP contribution in [0.4, 0.5) is 0 Å². The fourth-order valence-corrected chi connectivity index (χ4v) is 3.15. The molecule has 0 aromatic carbocycles. The number of likely N-dealkylation sites (N-methyl/N-ethyl adjacent to an activating group) is 1. The van der Waals surface area contributed by atoms with Crippen molar-refractivity contribution in [1.29, 1.82) is 0 Å². The first kappa shape index (κ1) is 14.8. The summed E-state index contributed by atoms with van der Waals surface area (Å²) in [5.41, 5.74) is 0.971. The smallest absolute Gasteiger partial charge is 0.229 e. The molecule has 1 aliphatic rings. The molecule has 0 bridgehead atoms. The summed E-state index contributed by atoms with van der Waals surface area (Å²) < 4.78 is 2.20. The van der Waals surface area contributed by atoms with Crippen molar-refractivity contribution in [3.05, 3.63) is 48.3 Å². The Balaban J connectivity index is 1.60. The van der Waals surface area contributed by atoms with Crippen LogP contribution in [0.3, 0.4) is 0 Å². The zero-order valence-electron chi connectivity index (χ0n) is 13.1. The van der Waals surface area contributed by atoms with Gasteiger partial charge in [0.15, 0.2) is 0 Å². The summed E-state index contributed by atoms with van der Waals surface area (Å²) in [5.74, 6) is 1.63. The average Bonchev–Trinajstić information content (AvgIpc) is 3.02. The largest absolute Gasteiger partial charge is 0.345 e. The number of aromatic nitrogens is 3. The molecule has 2 aromatic heterocycles. The highest BCUT2D eigenvalue weighted by molar-refractivity contribution is 5.83. The Morgan fingerprint density at radius 2 is 2.36 bits per heavy atom. The quantitative estimate of drug-likeness (QED) is 0.868. The average molecular weight is 298 g/mol. The molecule has 116 valence electrons. The number of carbonyl (C=O) groups excluding carboxylic acids is 1. The molecule has 3 heterocycles. The minimum Gasteiger partial charge on any atom is -0.345 e. The SMILES string of the molecule is CC(C(=O)N(C)CC1CCn2ccnc2C1)c1cccnc1. The molecule has 0 fully saturated rings. The van der Waals surface area contributed by atoms with E-state index in [9.17, 15) is 4.79 Å². The molecule has 0 spiro atoms. The van der Waals surface area contributed by atoms with Crippen molar-refractivity contribution in [3.63, 3.8) is 0 Å². The van der Waals surface area contributed by atoms with Crippen LogP contribution in [0.5, 0.6) is 0 Å². The second-order valence-corrected chi connectivity index (χ2v) is 6.12. The Morgan fingerprint density at radius 3 is 3.14 bits per heavy atom. The number of rotatable bonds is 4. The number of hydrogen-bond acceptors (Lipinski definition) is 3. The van der Waals surface area contributed by atoms with E-state index in [0.29, 0.717) is 5.92 Å². The van der Waals surface area contributed by atoms with Crippen LogP contribution < -0.4 is 0 Å². The summed E-state index contributed by atoms with van der Waals surface area (Å²) in [7, 11) is 1.90. The van der Waals surface area contributed by atoms with Gasteiger partial charge in [-0.3, -0.25) is 9.78 Å². The molecule has 0 saturated heterocycles. The highest BCUT2D eigenvalue weighted by Crippen LogP contribution is 2.22. The van der Waals surface area contributed by atoms with Crippen LogP contribution in [0.2, 0.25) is 0 Å². The number of nitrogens with zero attached hydrogens (tertiary/aromatic N) is 4. The van der Waals surface area contributed by atoms with Crippen LogP contribution in [-0.2, 0) is 17.8 Å². The van der Waals surface area contributed by atoms with Crippen LogP contribution in [0.15, 0.2) is 36.9 Å². The van der Waals surface area contributed by atoms with E-state index in [1.165, 1.54) is 0 Å². The Kier molecular flexibility index (Phi) is 4.22.